The minimum absolute atomic E-state index is 0.620. The summed E-state index contributed by atoms with van der Waals surface area (Å²) in [5.41, 5.74) is 10.2. The molecule has 0 unspecified atom stereocenters. The molecule has 0 bridgehead atoms. The first kappa shape index (κ1) is 8.45. The Balaban J connectivity index is 2.62. The molecule has 0 atom stereocenters. The van der Waals surface area contributed by atoms with Gasteiger partial charge in [0, 0.05) is 10.3 Å². The van der Waals surface area contributed by atoms with Gasteiger partial charge in [-0.3, -0.25) is 4.79 Å². The van der Waals surface area contributed by atoms with E-state index in [9.17, 15) is 4.79 Å². The number of azide groups is 1. The molecule has 0 aliphatic heterocycles. The summed E-state index contributed by atoms with van der Waals surface area (Å²) in [6.07, 6.45) is 2.67. The van der Waals surface area contributed by atoms with Gasteiger partial charge in [0.25, 0.3) is 0 Å². The van der Waals surface area contributed by atoms with Gasteiger partial charge in [0.1, 0.15) is 0 Å². The molecule has 0 saturated carbocycles. The summed E-state index contributed by atoms with van der Waals surface area (Å²) in [5.74, 6) is -0.620. The highest BCUT2D eigenvalue weighted by atomic mass is 32.1. The molecule has 0 spiro atoms. The quantitative estimate of drug-likeness (QED) is 0.302. The molecule has 60 valence electrons. The molecule has 1 aromatic rings. The maximum atomic E-state index is 10.6. The van der Waals surface area contributed by atoms with Crippen molar-refractivity contribution >= 4 is 23.3 Å². The Hall–Kier alpha value is -1.65. The van der Waals surface area contributed by atoms with Crippen molar-refractivity contribution in [3.8, 4) is 0 Å². The molecule has 0 fully saturated rings. The van der Waals surface area contributed by atoms with Gasteiger partial charge in [-0.25, -0.2) is 4.98 Å². The van der Waals surface area contributed by atoms with Crippen LogP contribution in [-0.4, -0.2) is 10.9 Å². The zero-order valence-corrected chi connectivity index (χ0v) is 6.73. The number of aromatic nitrogens is 1. The number of amides is 1. The lowest BCUT2D eigenvalue weighted by molar-refractivity contribution is -0.113. The Kier molecular flexibility index (Phi) is 3.01. The molecular formula is C6H4N4OS. The second-order valence-electron chi connectivity index (χ2n) is 1.77. The van der Waals surface area contributed by atoms with Crippen molar-refractivity contribution in [3.05, 3.63) is 33.1 Å². The van der Waals surface area contributed by atoms with Crippen molar-refractivity contribution in [1.82, 2.24) is 4.98 Å². The van der Waals surface area contributed by atoms with E-state index in [1.54, 1.807) is 10.9 Å². The van der Waals surface area contributed by atoms with E-state index in [2.05, 4.69) is 15.0 Å². The van der Waals surface area contributed by atoms with Crippen LogP contribution in [0.3, 0.4) is 0 Å². The monoisotopic (exact) mass is 180 g/mol. The second-order valence-corrected chi connectivity index (χ2v) is 2.49. The number of carbonyl (C=O) groups is 1. The van der Waals surface area contributed by atoms with E-state index in [0.29, 0.717) is 5.69 Å². The Morgan fingerprint density at radius 3 is 3.25 bits per heavy atom. The molecule has 0 radical (unpaired) electrons. The summed E-state index contributed by atoms with van der Waals surface area (Å²) in [5, 5.41) is 4.63. The standard InChI is InChI=1S/C6H4N4OS/c7-10-9-6(11)2-1-5-3-12-4-8-5/h1-4H/b2-1+. The van der Waals surface area contributed by atoms with Gasteiger partial charge < -0.3 is 0 Å². The van der Waals surface area contributed by atoms with Crippen LogP contribution in [0, 0.1) is 0 Å². The molecule has 0 saturated heterocycles. The zero-order valence-electron chi connectivity index (χ0n) is 5.91. The summed E-state index contributed by atoms with van der Waals surface area (Å²) in [6.45, 7) is 0. The largest absolute Gasteiger partial charge is 0.288 e. The van der Waals surface area contributed by atoms with Gasteiger partial charge in [0.2, 0.25) is 5.91 Å². The molecule has 12 heavy (non-hydrogen) atoms. The second kappa shape index (κ2) is 4.27. The minimum atomic E-state index is -0.620. The lowest BCUT2D eigenvalue weighted by Gasteiger charge is -1.78. The van der Waals surface area contributed by atoms with Crippen molar-refractivity contribution in [3.63, 3.8) is 0 Å². The number of carbonyl (C=O) groups excluding carboxylic acids is 1. The van der Waals surface area contributed by atoms with Crippen molar-refractivity contribution in [2.45, 2.75) is 0 Å². The van der Waals surface area contributed by atoms with Crippen molar-refractivity contribution in [2.24, 2.45) is 5.11 Å². The predicted octanol–water partition coefficient (Wildman–Crippen LogP) is 1.99. The Bertz CT molecular complexity index is 336. The van der Waals surface area contributed by atoms with Crippen LogP contribution in [0.1, 0.15) is 5.69 Å². The fraction of sp³-hybridized carbons (Fsp3) is 0. The third-order valence-corrected chi connectivity index (χ3v) is 1.60. The number of rotatable bonds is 2. The fourth-order valence-electron chi connectivity index (χ4n) is 0.538. The predicted molar refractivity (Wildman–Crippen MR) is 45.3 cm³/mol. The lowest BCUT2D eigenvalue weighted by atomic mass is 10.4. The molecule has 1 rings (SSSR count). The molecule has 1 amide bonds. The summed E-state index contributed by atoms with van der Waals surface area (Å²) in [6, 6.07) is 0. The zero-order chi connectivity index (χ0) is 8.81. The summed E-state index contributed by atoms with van der Waals surface area (Å²) >= 11 is 1.43. The van der Waals surface area contributed by atoms with Gasteiger partial charge in [-0.05, 0) is 22.8 Å². The van der Waals surface area contributed by atoms with E-state index >= 15 is 0 Å². The van der Waals surface area contributed by atoms with Crippen molar-refractivity contribution in [2.75, 3.05) is 0 Å². The number of nitrogens with zero attached hydrogens (tertiary/aromatic N) is 4. The summed E-state index contributed by atoms with van der Waals surface area (Å²) in [4.78, 5) is 16.8. The maximum absolute atomic E-state index is 10.6. The van der Waals surface area contributed by atoms with Crippen LogP contribution in [0.15, 0.2) is 22.1 Å². The molecule has 0 aromatic carbocycles. The average molecular weight is 180 g/mol. The minimum Gasteiger partial charge on any atom is -0.288 e. The van der Waals surface area contributed by atoms with Crippen LogP contribution >= 0.6 is 11.3 Å². The maximum Gasteiger partial charge on any atom is 0.242 e. The Morgan fingerprint density at radius 1 is 1.83 bits per heavy atom. The van der Waals surface area contributed by atoms with Gasteiger partial charge in [-0.1, -0.05) is 0 Å². The van der Waals surface area contributed by atoms with Gasteiger partial charge in [-0.2, -0.15) is 0 Å². The number of thiazole rings is 1. The third kappa shape index (κ3) is 2.53. The fourth-order valence-corrected chi connectivity index (χ4v) is 1.06. The van der Waals surface area contributed by atoms with Crippen molar-refractivity contribution in [1.29, 1.82) is 0 Å². The van der Waals surface area contributed by atoms with E-state index < -0.39 is 5.91 Å². The molecular weight excluding hydrogens is 176 g/mol. The van der Waals surface area contributed by atoms with E-state index in [1.807, 2.05) is 0 Å². The van der Waals surface area contributed by atoms with Gasteiger partial charge in [0.05, 0.1) is 11.2 Å². The average Bonchev–Trinajstić information content (AvgIpc) is 2.53. The van der Waals surface area contributed by atoms with Gasteiger partial charge in [0.15, 0.2) is 0 Å². The van der Waals surface area contributed by atoms with Crippen LogP contribution in [-0.2, 0) is 4.79 Å². The molecule has 1 heterocycles. The number of hydrogen-bond donors (Lipinski definition) is 0. The third-order valence-electron chi connectivity index (χ3n) is 0.991. The molecule has 0 aliphatic rings. The first-order chi connectivity index (χ1) is 5.83. The molecule has 5 nitrogen and oxygen atoms in total. The molecule has 0 aliphatic carbocycles. The Morgan fingerprint density at radius 2 is 2.67 bits per heavy atom. The Labute approximate surface area is 72.0 Å². The van der Waals surface area contributed by atoms with Crippen LogP contribution in [0.5, 0.6) is 0 Å². The molecule has 6 heteroatoms. The molecule has 1 aromatic heterocycles. The van der Waals surface area contributed by atoms with E-state index in [-0.39, 0.29) is 0 Å². The van der Waals surface area contributed by atoms with Crippen LogP contribution in [0.2, 0.25) is 0 Å². The van der Waals surface area contributed by atoms with Gasteiger partial charge in [-0.15, -0.1) is 11.3 Å². The highest BCUT2D eigenvalue weighted by Gasteiger charge is 1.90. The van der Waals surface area contributed by atoms with E-state index in [4.69, 9.17) is 5.53 Å². The van der Waals surface area contributed by atoms with Gasteiger partial charge >= 0.3 is 0 Å². The highest BCUT2D eigenvalue weighted by Crippen LogP contribution is 2.02. The van der Waals surface area contributed by atoms with Crippen LogP contribution in [0.4, 0.5) is 0 Å². The smallest absolute Gasteiger partial charge is 0.242 e. The topological polar surface area (TPSA) is 78.7 Å². The van der Waals surface area contributed by atoms with Crippen molar-refractivity contribution < 1.29 is 4.79 Å². The number of hydrogen-bond acceptors (Lipinski definition) is 3. The normalized spacial score (nSPS) is 9.67. The van der Waals surface area contributed by atoms with E-state index in [1.165, 1.54) is 23.5 Å². The highest BCUT2D eigenvalue weighted by molar-refractivity contribution is 7.07. The molecule has 0 N–H and O–H groups in total. The summed E-state index contributed by atoms with van der Waals surface area (Å²) < 4.78 is 0. The SMILES string of the molecule is [N-]=[N+]=NC(=O)/C=C/c1cscn1. The van der Waals surface area contributed by atoms with E-state index in [0.717, 1.165) is 0 Å². The van der Waals surface area contributed by atoms with Crippen LogP contribution < -0.4 is 0 Å². The first-order valence-corrected chi connectivity index (χ1v) is 3.92. The summed E-state index contributed by atoms with van der Waals surface area (Å²) in [7, 11) is 0. The lowest BCUT2D eigenvalue weighted by Crippen LogP contribution is -1.81. The first-order valence-electron chi connectivity index (χ1n) is 2.98. The van der Waals surface area contributed by atoms with Crippen LogP contribution in [0.25, 0.3) is 16.5 Å².